The molecule has 0 bridgehead atoms. The summed E-state index contributed by atoms with van der Waals surface area (Å²) < 4.78 is 18.4. The van der Waals surface area contributed by atoms with Crippen molar-refractivity contribution in [3.05, 3.63) is 46.2 Å². The topological polar surface area (TPSA) is 35.2 Å². The Morgan fingerprint density at radius 1 is 1.11 bits per heavy atom. The van der Waals surface area contributed by atoms with Crippen molar-refractivity contribution in [2.75, 3.05) is 12.3 Å². The maximum Gasteiger partial charge on any atom is 0.139 e. The van der Waals surface area contributed by atoms with Crippen molar-refractivity contribution < 1.29 is 9.13 Å². The molecule has 2 aromatic rings. The summed E-state index contributed by atoms with van der Waals surface area (Å²) >= 11 is 12.3. The molecule has 0 atom stereocenters. The van der Waals surface area contributed by atoms with E-state index in [2.05, 4.69) is 0 Å². The molecule has 0 spiro atoms. The summed E-state index contributed by atoms with van der Waals surface area (Å²) in [7, 11) is 0. The van der Waals surface area contributed by atoms with Gasteiger partial charge in [0.15, 0.2) is 0 Å². The first-order chi connectivity index (χ1) is 9.02. The highest BCUT2D eigenvalue weighted by Crippen LogP contribution is 2.38. The molecule has 0 saturated heterocycles. The minimum Gasteiger partial charge on any atom is -0.492 e. The first-order valence-electron chi connectivity index (χ1n) is 5.70. The number of nitrogens with two attached hydrogens (primary N) is 1. The molecule has 0 saturated carbocycles. The van der Waals surface area contributed by atoms with Gasteiger partial charge in [0.2, 0.25) is 0 Å². The molecular formula is C14H12Cl2FNO. The summed E-state index contributed by atoms with van der Waals surface area (Å²) in [5, 5.41) is 0.885. The van der Waals surface area contributed by atoms with Gasteiger partial charge in [-0.15, -0.1) is 0 Å². The molecule has 100 valence electrons. The minimum atomic E-state index is -0.394. The molecule has 0 fully saturated rings. The largest absolute Gasteiger partial charge is 0.492 e. The van der Waals surface area contributed by atoms with Crippen LogP contribution in [0.2, 0.25) is 10.0 Å². The average Bonchev–Trinajstić information content (AvgIpc) is 2.34. The standard InChI is InChI=1S/C14H12Cl2FNO/c1-2-19-14-7-11(15)10(6-12(14)16)9-4-3-8(17)5-13(9)18/h3-7H,2,18H2,1H3. The van der Waals surface area contributed by atoms with E-state index < -0.39 is 5.82 Å². The van der Waals surface area contributed by atoms with Crippen LogP contribution in [0.5, 0.6) is 5.75 Å². The van der Waals surface area contributed by atoms with Crippen LogP contribution < -0.4 is 10.5 Å². The number of halogens is 3. The second kappa shape index (κ2) is 5.68. The summed E-state index contributed by atoms with van der Waals surface area (Å²) in [6.45, 7) is 2.35. The van der Waals surface area contributed by atoms with Gasteiger partial charge in [-0.2, -0.15) is 0 Å². The van der Waals surface area contributed by atoms with Crippen LogP contribution in [0.1, 0.15) is 6.92 Å². The van der Waals surface area contributed by atoms with Gasteiger partial charge < -0.3 is 10.5 Å². The first kappa shape index (κ1) is 14.0. The molecule has 2 rings (SSSR count). The lowest BCUT2D eigenvalue weighted by Crippen LogP contribution is -1.95. The smallest absolute Gasteiger partial charge is 0.139 e. The highest BCUT2D eigenvalue weighted by Gasteiger charge is 2.12. The Labute approximate surface area is 120 Å². The Hall–Kier alpha value is -1.45. The van der Waals surface area contributed by atoms with Crippen molar-refractivity contribution in [3.8, 4) is 16.9 Å². The summed E-state index contributed by atoms with van der Waals surface area (Å²) in [6.07, 6.45) is 0. The molecule has 5 heteroatoms. The maximum atomic E-state index is 13.0. The van der Waals surface area contributed by atoms with Crippen molar-refractivity contribution in [2.45, 2.75) is 6.92 Å². The van der Waals surface area contributed by atoms with Crippen LogP contribution in [-0.4, -0.2) is 6.61 Å². The Kier molecular flexibility index (Phi) is 4.17. The van der Waals surface area contributed by atoms with E-state index in [9.17, 15) is 4.39 Å². The number of benzene rings is 2. The first-order valence-corrected chi connectivity index (χ1v) is 6.45. The lowest BCUT2D eigenvalue weighted by Gasteiger charge is -2.12. The van der Waals surface area contributed by atoms with E-state index in [4.69, 9.17) is 33.7 Å². The maximum absolute atomic E-state index is 13.0. The molecule has 0 aliphatic heterocycles. The number of ether oxygens (including phenoxy) is 1. The Morgan fingerprint density at radius 2 is 1.84 bits per heavy atom. The Bertz CT molecular complexity index is 617. The number of hydrogen-bond donors (Lipinski definition) is 1. The molecule has 0 aliphatic carbocycles. The molecule has 19 heavy (non-hydrogen) atoms. The molecule has 2 nitrogen and oxygen atoms in total. The average molecular weight is 300 g/mol. The zero-order valence-corrected chi connectivity index (χ0v) is 11.7. The van der Waals surface area contributed by atoms with E-state index in [0.29, 0.717) is 39.2 Å². The highest BCUT2D eigenvalue weighted by atomic mass is 35.5. The summed E-state index contributed by atoms with van der Waals surface area (Å²) in [5.41, 5.74) is 7.39. The molecule has 0 unspecified atom stereocenters. The van der Waals surface area contributed by atoms with E-state index in [1.165, 1.54) is 12.1 Å². The van der Waals surface area contributed by atoms with E-state index in [-0.39, 0.29) is 0 Å². The van der Waals surface area contributed by atoms with Crippen LogP contribution in [0.3, 0.4) is 0 Å². The molecular weight excluding hydrogens is 288 g/mol. The quantitative estimate of drug-likeness (QED) is 0.828. The van der Waals surface area contributed by atoms with Gasteiger partial charge in [0.25, 0.3) is 0 Å². The van der Waals surface area contributed by atoms with Gasteiger partial charge in [-0.05, 0) is 31.2 Å². The second-order valence-electron chi connectivity index (χ2n) is 3.93. The summed E-state index contributed by atoms with van der Waals surface area (Å²) in [5.74, 6) is 0.119. The fraction of sp³-hybridized carbons (Fsp3) is 0.143. The molecule has 0 radical (unpaired) electrons. The fourth-order valence-corrected chi connectivity index (χ4v) is 2.25. The molecule has 2 aromatic carbocycles. The molecule has 0 heterocycles. The van der Waals surface area contributed by atoms with Gasteiger partial charge in [-0.1, -0.05) is 23.2 Å². The van der Waals surface area contributed by atoms with Crippen LogP contribution in [0.4, 0.5) is 10.1 Å². The van der Waals surface area contributed by atoms with E-state index in [0.717, 1.165) is 0 Å². The lowest BCUT2D eigenvalue weighted by molar-refractivity contribution is 0.340. The number of nitrogen functional groups attached to an aromatic ring is 1. The van der Waals surface area contributed by atoms with Crippen LogP contribution >= 0.6 is 23.2 Å². The normalized spacial score (nSPS) is 10.5. The van der Waals surface area contributed by atoms with E-state index in [1.54, 1.807) is 18.2 Å². The minimum absolute atomic E-state index is 0.308. The van der Waals surface area contributed by atoms with Crippen molar-refractivity contribution in [1.29, 1.82) is 0 Å². The van der Waals surface area contributed by atoms with Crippen LogP contribution in [-0.2, 0) is 0 Å². The van der Waals surface area contributed by atoms with Crippen LogP contribution in [0.15, 0.2) is 30.3 Å². The SMILES string of the molecule is CCOc1cc(Cl)c(-c2ccc(F)cc2N)cc1Cl. The second-order valence-corrected chi connectivity index (χ2v) is 4.74. The van der Waals surface area contributed by atoms with Crippen molar-refractivity contribution in [3.63, 3.8) is 0 Å². The molecule has 0 aliphatic rings. The van der Waals surface area contributed by atoms with Crippen molar-refractivity contribution in [2.24, 2.45) is 0 Å². The van der Waals surface area contributed by atoms with Crippen molar-refractivity contribution in [1.82, 2.24) is 0 Å². The zero-order valence-electron chi connectivity index (χ0n) is 10.2. The Balaban J connectivity index is 2.53. The monoisotopic (exact) mass is 299 g/mol. The molecule has 0 amide bonds. The van der Waals surface area contributed by atoms with Crippen LogP contribution in [0, 0.1) is 5.82 Å². The van der Waals surface area contributed by atoms with E-state index >= 15 is 0 Å². The third-order valence-corrected chi connectivity index (χ3v) is 3.23. The summed E-state index contributed by atoms with van der Waals surface area (Å²) in [4.78, 5) is 0. The lowest BCUT2D eigenvalue weighted by atomic mass is 10.0. The van der Waals surface area contributed by atoms with Crippen molar-refractivity contribution >= 4 is 28.9 Å². The zero-order chi connectivity index (χ0) is 14.0. The van der Waals surface area contributed by atoms with Gasteiger partial charge in [0.1, 0.15) is 11.6 Å². The predicted molar refractivity (Wildman–Crippen MR) is 77.4 cm³/mol. The predicted octanol–water partition coefficient (Wildman–Crippen LogP) is 4.78. The molecule has 2 N–H and O–H groups in total. The van der Waals surface area contributed by atoms with E-state index in [1.807, 2.05) is 6.92 Å². The fourth-order valence-electron chi connectivity index (χ4n) is 1.78. The molecule has 0 aromatic heterocycles. The van der Waals surface area contributed by atoms with Gasteiger partial charge >= 0.3 is 0 Å². The van der Waals surface area contributed by atoms with Gasteiger partial charge in [0, 0.05) is 22.9 Å². The van der Waals surface area contributed by atoms with Gasteiger partial charge in [0.05, 0.1) is 16.7 Å². The Morgan fingerprint density at radius 3 is 2.47 bits per heavy atom. The van der Waals surface area contributed by atoms with Gasteiger partial charge in [-0.3, -0.25) is 0 Å². The number of anilines is 1. The number of hydrogen-bond acceptors (Lipinski definition) is 2. The highest BCUT2D eigenvalue weighted by molar-refractivity contribution is 6.36. The van der Waals surface area contributed by atoms with Gasteiger partial charge in [-0.25, -0.2) is 4.39 Å². The summed E-state index contributed by atoms with van der Waals surface area (Å²) in [6, 6.07) is 7.44. The third-order valence-electron chi connectivity index (χ3n) is 2.63. The third kappa shape index (κ3) is 2.94. The van der Waals surface area contributed by atoms with Crippen LogP contribution in [0.25, 0.3) is 11.1 Å². The number of rotatable bonds is 3.